The Kier molecular flexibility index (Phi) is 6.05. The van der Waals surface area contributed by atoms with Crippen molar-refractivity contribution in [3.63, 3.8) is 0 Å². The minimum absolute atomic E-state index is 0.119. The van der Waals surface area contributed by atoms with E-state index < -0.39 is 9.84 Å². The van der Waals surface area contributed by atoms with Crippen molar-refractivity contribution >= 4 is 9.84 Å². The van der Waals surface area contributed by atoms with Gasteiger partial charge in [0.05, 0.1) is 5.25 Å². The Bertz CT molecular complexity index is 419. The van der Waals surface area contributed by atoms with Crippen molar-refractivity contribution in [3.8, 4) is 0 Å². The monoisotopic (exact) mass is 317 g/mol. The highest BCUT2D eigenvalue weighted by Crippen LogP contribution is 2.28. The molecule has 0 radical (unpaired) electrons. The van der Waals surface area contributed by atoms with Crippen LogP contribution in [0.4, 0.5) is 0 Å². The van der Waals surface area contributed by atoms with E-state index in [0.717, 1.165) is 65.0 Å². The second kappa shape index (κ2) is 7.40. The summed E-state index contributed by atoms with van der Waals surface area (Å²) in [7, 11) is -2.88. The molecule has 2 rings (SSSR count). The summed E-state index contributed by atoms with van der Waals surface area (Å²) in [5, 5.41) is -0.119. The fourth-order valence-corrected chi connectivity index (χ4v) is 4.83. The van der Waals surface area contributed by atoms with E-state index in [2.05, 4.69) is 16.7 Å². The first kappa shape index (κ1) is 17.2. The molecular weight excluding hydrogens is 286 g/mol. The predicted octanol–water partition coefficient (Wildman–Crippen LogP) is 0.555. The van der Waals surface area contributed by atoms with Crippen LogP contribution in [0.3, 0.4) is 0 Å². The molecule has 5 nitrogen and oxygen atoms in total. The van der Waals surface area contributed by atoms with Crippen LogP contribution in [0, 0.1) is 5.92 Å². The number of rotatable bonds is 5. The molecule has 3 atom stereocenters. The van der Waals surface area contributed by atoms with Gasteiger partial charge in [-0.05, 0) is 31.7 Å². The highest BCUT2D eigenvalue weighted by molar-refractivity contribution is 7.91. The van der Waals surface area contributed by atoms with Crippen molar-refractivity contribution in [2.75, 3.05) is 45.5 Å². The minimum atomic E-state index is -2.88. The van der Waals surface area contributed by atoms with Crippen molar-refractivity contribution < 1.29 is 8.42 Å². The Morgan fingerprint density at radius 2 is 1.86 bits per heavy atom. The third-order valence-electron chi connectivity index (χ3n) is 5.10. The number of nitrogens with two attached hydrogens (primary N) is 1. The molecule has 0 spiro atoms. The molecule has 2 fully saturated rings. The standard InChI is InChI=1S/C15H31N3O2S/c1-13(11-16)12-17-6-8-18(9-7-17)14-4-3-5-15(10-14)21(2,19)20/h13-15H,3-12,16H2,1-2H3. The first-order valence-corrected chi connectivity index (χ1v) is 10.2. The molecular formula is C15H31N3O2S. The zero-order chi connectivity index (χ0) is 15.5. The fraction of sp³-hybridized carbons (Fsp3) is 1.00. The molecule has 2 aliphatic rings. The Morgan fingerprint density at radius 3 is 2.43 bits per heavy atom. The van der Waals surface area contributed by atoms with Gasteiger partial charge in [-0.1, -0.05) is 13.3 Å². The van der Waals surface area contributed by atoms with E-state index in [0.29, 0.717) is 12.0 Å². The van der Waals surface area contributed by atoms with Crippen molar-refractivity contribution in [1.82, 2.24) is 9.80 Å². The van der Waals surface area contributed by atoms with Crippen LogP contribution in [0.15, 0.2) is 0 Å². The van der Waals surface area contributed by atoms with Gasteiger partial charge in [0.25, 0.3) is 0 Å². The normalized spacial score (nSPS) is 31.2. The van der Waals surface area contributed by atoms with Gasteiger partial charge >= 0.3 is 0 Å². The zero-order valence-electron chi connectivity index (χ0n) is 13.5. The molecule has 6 heteroatoms. The Balaban J connectivity index is 1.82. The summed E-state index contributed by atoms with van der Waals surface area (Å²) in [5.41, 5.74) is 5.70. The molecule has 0 aromatic rings. The molecule has 21 heavy (non-hydrogen) atoms. The van der Waals surface area contributed by atoms with E-state index in [1.807, 2.05) is 0 Å². The lowest BCUT2D eigenvalue weighted by molar-refractivity contribution is 0.0734. The second-order valence-corrected chi connectivity index (χ2v) is 9.28. The molecule has 3 unspecified atom stereocenters. The molecule has 1 aliphatic carbocycles. The molecule has 1 aliphatic heterocycles. The summed E-state index contributed by atoms with van der Waals surface area (Å²) in [6, 6.07) is 0.465. The van der Waals surface area contributed by atoms with Crippen LogP contribution in [0.25, 0.3) is 0 Å². The highest BCUT2D eigenvalue weighted by Gasteiger charge is 2.33. The van der Waals surface area contributed by atoms with Crippen molar-refractivity contribution in [3.05, 3.63) is 0 Å². The summed E-state index contributed by atoms with van der Waals surface area (Å²) >= 11 is 0. The molecule has 124 valence electrons. The van der Waals surface area contributed by atoms with Crippen LogP contribution < -0.4 is 5.73 Å². The first-order valence-electron chi connectivity index (χ1n) is 8.25. The smallest absolute Gasteiger partial charge is 0.150 e. The Labute approximate surface area is 129 Å². The lowest BCUT2D eigenvalue weighted by Gasteiger charge is -2.42. The predicted molar refractivity (Wildman–Crippen MR) is 87.1 cm³/mol. The number of piperazine rings is 1. The van der Waals surface area contributed by atoms with Crippen LogP contribution >= 0.6 is 0 Å². The summed E-state index contributed by atoms with van der Waals surface area (Å²) in [5.74, 6) is 0.556. The molecule has 2 N–H and O–H groups in total. The van der Waals surface area contributed by atoms with Gasteiger partial charge in [0.1, 0.15) is 9.84 Å². The van der Waals surface area contributed by atoms with E-state index in [1.54, 1.807) is 0 Å². The third-order valence-corrected chi connectivity index (χ3v) is 6.74. The average molecular weight is 317 g/mol. The van der Waals surface area contributed by atoms with Crippen molar-refractivity contribution in [2.24, 2.45) is 11.7 Å². The fourth-order valence-electron chi connectivity index (χ4n) is 3.67. The van der Waals surface area contributed by atoms with E-state index in [-0.39, 0.29) is 5.25 Å². The number of hydrogen-bond donors (Lipinski definition) is 1. The number of nitrogens with zero attached hydrogens (tertiary/aromatic N) is 2. The van der Waals surface area contributed by atoms with Gasteiger partial charge in [-0.15, -0.1) is 0 Å². The zero-order valence-corrected chi connectivity index (χ0v) is 14.3. The van der Waals surface area contributed by atoms with Crippen LogP contribution in [0.2, 0.25) is 0 Å². The summed E-state index contributed by atoms with van der Waals surface area (Å²) in [4.78, 5) is 5.01. The molecule has 0 bridgehead atoms. The largest absolute Gasteiger partial charge is 0.330 e. The Hall–Kier alpha value is -0.170. The van der Waals surface area contributed by atoms with Gasteiger partial charge in [-0.2, -0.15) is 0 Å². The second-order valence-electron chi connectivity index (χ2n) is 6.95. The van der Waals surface area contributed by atoms with Gasteiger partial charge in [0.15, 0.2) is 0 Å². The van der Waals surface area contributed by atoms with Gasteiger partial charge < -0.3 is 10.6 Å². The van der Waals surface area contributed by atoms with Gasteiger partial charge in [-0.3, -0.25) is 4.90 Å². The van der Waals surface area contributed by atoms with E-state index in [4.69, 9.17) is 5.73 Å². The van der Waals surface area contributed by atoms with Gasteiger partial charge in [0, 0.05) is 45.0 Å². The maximum Gasteiger partial charge on any atom is 0.150 e. The molecule has 1 heterocycles. The first-order chi connectivity index (χ1) is 9.90. The molecule has 0 aromatic carbocycles. The van der Waals surface area contributed by atoms with Crippen LogP contribution in [0.1, 0.15) is 32.6 Å². The topological polar surface area (TPSA) is 66.6 Å². The molecule has 0 amide bonds. The maximum atomic E-state index is 11.8. The maximum absolute atomic E-state index is 11.8. The summed E-state index contributed by atoms with van der Waals surface area (Å²) in [6.07, 6.45) is 5.28. The summed E-state index contributed by atoms with van der Waals surface area (Å²) in [6.45, 7) is 8.34. The minimum Gasteiger partial charge on any atom is -0.330 e. The molecule has 1 saturated carbocycles. The van der Waals surface area contributed by atoms with Crippen LogP contribution in [-0.4, -0.2) is 75.0 Å². The van der Waals surface area contributed by atoms with Crippen LogP contribution in [0.5, 0.6) is 0 Å². The van der Waals surface area contributed by atoms with E-state index >= 15 is 0 Å². The van der Waals surface area contributed by atoms with E-state index in [1.165, 1.54) is 6.26 Å². The molecule has 0 aromatic heterocycles. The number of hydrogen-bond acceptors (Lipinski definition) is 5. The lowest BCUT2D eigenvalue weighted by atomic mass is 9.93. The highest BCUT2D eigenvalue weighted by atomic mass is 32.2. The van der Waals surface area contributed by atoms with Gasteiger partial charge in [0.2, 0.25) is 0 Å². The van der Waals surface area contributed by atoms with Crippen molar-refractivity contribution in [1.29, 1.82) is 0 Å². The lowest BCUT2D eigenvalue weighted by Crippen LogP contribution is -2.53. The SMILES string of the molecule is CC(CN)CN1CCN(C2CCCC(S(C)(=O)=O)C2)CC1. The van der Waals surface area contributed by atoms with Crippen molar-refractivity contribution in [2.45, 2.75) is 43.9 Å². The Morgan fingerprint density at radius 1 is 1.19 bits per heavy atom. The third kappa shape index (κ3) is 4.91. The molecule has 1 saturated heterocycles. The average Bonchev–Trinajstić information content (AvgIpc) is 2.47. The van der Waals surface area contributed by atoms with Gasteiger partial charge in [-0.25, -0.2) is 8.42 Å². The quantitative estimate of drug-likeness (QED) is 0.802. The number of sulfone groups is 1. The van der Waals surface area contributed by atoms with E-state index in [9.17, 15) is 8.42 Å². The summed E-state index contributed by atoms with van der Waals surface area (Å²) < 4.78 is 23.6. The van der Waals surface area contributed by atoms with Crippen LogP contribution in [-0.2, 0) is 9.84 Å².